The highest BCUT2D eigenvalue weighted by Crippen LogP contribution is 2.35. The van der Waals surface area contributed by atoms with E-state index in [1.807, 2.05) is 17.0 Å². The van der Waals surface area contributed by atoms with Crippen LogP contribution in [-0.4, -0.2) is 52.8 Å². The SMILES string of the molecule is CC(c1ccc2c(c1)OCO2)N1CCN(c2nccc([N+](=O)[O-])n2)CC1. The van der Waals surface area contributed by atoms with Gasteiger partial charge in [0, 0.05) is 43.4 Å². The first kappa shape index (κ1) is 16.5. The van der Waals surface area contributed by atoms with Crippen molar-refractivity contribution in [3.8, 4) is 11.5 Å². The molecule has 2 aromatic rings. The highest BCUT2D eigenvalue weighted by molar-refractivity contribution is 5.45. The Balaban J connectivity index is 1.42. The van der Waals surface area contributed by atoms with Gasteiger partial charge < -0.3 is 24.5 Å². The minimum absolute atomic E-state index is 0.175. The molecule has 0 spiro atoms. The monoisotopic (exact) mass is 357 g/mol. The lowest BCUT2D eigenvalue weighted by Crippen LogP contribution is -2.47. The zero-order chi connectivity index (χ0) is 18.1. The Kier molecular flexibility index (Phi) is 4.29. The van der Waals surface area contributed by atoms with E-state index in [4.69, 9.17) is 9.47 Å². The molecule has 136 valence electrons. The van der Waals surface area contributed by atoms with Crippen molar-refractivity contribution in [3.63, 3.8) is 0 Å². The predicted molar refractivity (Wildman–Crippen MR) is 93.5 cm³/mol. The number of nitro groups is 1. The fourth-order valence-electron chi connectivity index (χ4n) is 3.29. The Hall–Kier alpha value is -2.94. The van der Waals surface area contributed by atoms with Crippen LogP contribution in [-0.2, 0) is 0 Å². The molecule has 4 rings (SSSR count). The largest absolute Gasteiger partial charge is 0.454 e. The minimum atomic E-state index is -0.497. The lowest BCUT2D eigenvalue weighted by Gasteiger charge is -2.37. The maximum absolute atomic E-state index is 10.9. The second-order valence-electron chi connectivity index (χ2n) is 6.28. The molecule has 26 heavy (non-hydrogen) atoms. The van der Waals surface area contributed by atoms with Gasteiger partial charge in [-0.05, 0) is 29.5 Å². The zero-order valence-electron chi connectivity index (χ0n) is 14.4. The van der Waals surface area contributed by atoms with Gasteiger partial charge in [-0.1, -0.05) is 6.07 Å². The van der Waals surface area contributed by atoms with Crippen molar-refractivity contribution in [3.05, 3.63) is 46.1 Å². The number of aromatic nitrogens is 2. The van der Waals surface area contributed by atoms with E-state index in [9.17, 15) is 10.1 Å². The molecule has 3 heterocycles. The summed E-state index contributed by atoms with van der Waals surface area (Å²) in [5.41, 5.74) is 1.18. The molecule has 9 nitrogen and oxygen atoms in total. The summed E-state index contributed by atoms with van der Waals surface area (Å²) in [4.78, 5) is 22.9. The summed E-state index contributed by atoms with van der Waals surface area (Å²) in [5, 5.41) is 10.9. The van der Waals surface area contributed by atoms with E-state index in [2.05, 4.69) is 27.9 Å². The lowest BCUT2D eigenvalue weighted by molar-refractivity contribution is -0.389. The Bertz CT molecular complexity index is 823. The van der Waals surface area contributed by atoms with Gasteiger partial charge in [0.2, 0.25) is 6.79 Å². The van der Waals surface area contributed by atoms with E-state index < -0.39 is 4.92 Å². The van der Waals surface area contributed by atoms with Crippen LogP contribution in [0.1, 0.15) is 18.5 Å². The van der Waals surface area contributed by atoms with Crippen molar-refractivity contribution in [1.29, 1.82) is 0 Å². The van der Waals surface area contributed by atoms with Crippen molar-refractivity contribution < 1.29 is 14.4 Å². The molecule has 0 N–H and O–H groups in total. The fourth-order valence-corrected chi connectivity index (χ4v) is 3.29. The molecule has 1 unspecified atom stereocenters. The topological polar surface area (TPSA) is 93.9 Å². The van der Waals surface area contributed by atoms with Crippen molar-refractivity contribution in [2.24, 2.45) is 0 Å². The fraction of sp³-hybridized carbons (Fsp3) is 0.412. The summed E-state index contributed by atoms with van der Waals surface area (Å²) in [7, 11) is 0. The van der Waals surface area contributed by atoms with E-state index in [1.54, 1.807) is 0 Å². The molecule has 0 aliphatic carbocycles. The quantitative estimate of drug-likeness (QED) is 0.606. The summed E-state index contributed by atoms with van der Waals surface area (Å²) in [6, 6.07) is 7.58. The molecular formula is C17H19N5O4. The number of ether oxygens (including phenoxy) is 2. The molecule has 0 saturated carbocycles. The van der Waals surface area contributed by atoms with Crippen LogP contribution in [0.25, 0.3) is 0 Å². The van der Waals surface area contributed by atoms with Crippen LogP contribution in [0.2, 0.25) is 0 Å². The number of anilines is 1. The molecule has 1 saturated heterocycles. The lowest BCUT2D eigenvalue weighted by atomic mass is 10.1. The van der Waals surface area contributed by atoms with Crippen LogP contribution in [0.4, 0.5) is 11.8 Å². The van der Waals surface area contributed by atoms with Crippen LogP contribution >= 0.6 is 0 Å². The van der Waals surface area contributed by atoms with E-state index >= 15 is 0 Å². The van der Waals surface area contributed by atoms with E-state index in [1.165, 1.54) is 17.8 Å². The van der Waals surface area contributed by atoms with Crippen LogP contribution in [0.15, 0.2) is 30.5 Å². The van der Waals surface area contributed by atoms with Crippen molar-refractivity contribution >= 4 is 11.8 Å². The molecule has 9 heteroatoms. The third-order valence-electron chi connectivity index (χ3n) is 4.84. The van der Waals surface area contributed by atoms with Gasteiger partial charge in [0.15, 0.2) is 11.5 Å². The molecule has 1 fully saturated rings. The second kappa shape index (κ2) is 6.75. The van der Waals surface area contributed by atoms with Crippen molar-refractivity contribution in [2.75, 3.05) is 37.9 Å². The molecule has 1 atom stereocenters. The van der Waals surface area contributed by atoms with Crippen LogP contribution in [0, 0.1) is 10.1 Å². The molecule has 2 aliphatic heterocycles. The molecule has 0 amide bonds. The van der Waals surface area contributed by atoms with E-state index in [0.717, 1.165) is 37.7 Å². The van der Waals surface area contributed by atoms with Gasteiger partial charge in [0.25, 0.3) is 0 Å². The van der Waals surface area contributed by atoms with Crippen LogP contribution in [0.5, 0.6) is 11.5 Å². The summed E-state index contributed by atoms with van der Waals surface area (Å²) >= 11 is 0. The number of nitrogens with zero attached hydrogens (tertiary/aromatic N) is 5. The van der Waals surface area contributed by atoms with Crippen LogP contribution in [0.3, 0.4) is 0 Å². The summed E-state index contributed by atoms with van der Waals surface area (Å²) in [6.07, 6.45) is 1.43. The number of piperazine rings is 1. The average molecular weight is 357 g/mol. The molecular weight excluding hydrogens is 338 g/mol. The van der Waals surface area contributed by atoms with Crippen molar-refractivity contribution in [2.45, 2.75) is 13.0 Å². The molecule has 2 aliphatic rings. The number of rotatable bonds is 4. The molecule has 1 aromatic heterocycles. The number of benzene rings is 1. The van der Waals surface area contributed by atoms with Gasteiger partial charge in [0.1, 0.15) is 0 Å². The van der Waals surface area contributed by atoms with Gasteiger partial charge >= 0.3 is 11.8 Å². The maximum atomic E-state index is 10.9. The second-order valence-corrected chi connectivity index (χ2v) is 6.28. The maximum Gasteiger partial charge on any atom is 0.369 e. The van der Waals surface area contributed by atoms with Gasteiger partial charge in [-0.3, -0.25) is 4.90 Å². The minimum Gasteiger partial charge on any atom is -0.454 e. The zero-order valence-corrected chi connectivity index (χ0v) is 14.4. The van der Waals surface area contributed by atoms with Gasteiger partial charge in [0.05, 0.1) is 6.07 Å². The standard InChI is InChI=1S/C17H19N5O4/c1-12(13-2-3-14-15(10-13)26-11-25-14)20-6-8-21(9-7-20)17-18-5-4-16(19-17)22(23)24/h2-5,10,12H,6-9,11H2,1H3. The Morgan fingerprint density at radius 3 is 2.69 bits per heavy atom. The number of fused-ring (bicyclic) bond motifs is 1. The Labute approximate surface area is 150 Å². The highest BCUT2D eigenvalue weighted by Gasteiger charge is 2.27. The summed E-state index contributed by atoms with van der Waals surface area (Å²) < 4.78 is 10.8. The summed E-state index contributed by atoms with van der Waals surface area (Å²) in [5.74, 6) is 1.81. The molecule has 0 radical (unpaired) electrons. The number of hydrogen-bond donors (Lipinski definition) is 0. The highest BCUT2D eigenvalue weighted by atomic mass is 16.7. The Morgan fingerprint density at radius 1 is 1.15 bits per heavy atom. The summed E-state index contributed by atoms with van der Waals surface area (Å²) in [6.45, 7) is 5.52. The average Bonchev–Trinajstić information content (AvgIpc) is 3.15. The Morgan fingerprint density at radius 2 is 1.92 bits per heavy atom. The predicted octanol–water partition coefficient (Wildman–Crippen LogP) is 2.00. The van der Waals surface area contributed by atoms with Crippen LogP contribution < -0.4 is 14.4 Å². The van der Waals surface area contributed by atoms with E-state index in [-0.39, 0.29) is 18.7 Å². The first-order chi connectivity index (χ1) is 12.6. The third kappa shape index (κ3) is 3.13. The first-order valence-corrected chi connectivity index (χ1v) is 8.48. The smallest absolute Gasteiger partial charge is 0.369 e. The molecule has 1 aromatic carbocycles. The van der Waals surface area contributed by atoms with Gasteiger partial charge in [-0.2, -0.15) is 4.98 Å². The molecule has 0 bridgehead atoms. The van der Waals surface area contributed by atoms with Gasteiger partial charge in [-0.15, -0.1) is 0 Å². The number of hydrogen-bond acceptors (Lipinski definition) is 8. The van der Waals surface area contributed by atoms with E-state index in [0.29, 0.717) is 5.95 Å². The van der Waals surface area contributed by atoms with Crippen molar-refractivity contribution in [1.82, 2.24) is 14.9 Å². The third-order valence-corrected chi connectivity index (χ3v) is 4.84. The first-order valence-electron chi connectivity index (χ1n) is 8.48. The normalized spacial score (nSPS) is 18.0. The van der Waals surface area contributed by atoms with Gasteiger partial charge in [-0.25, -0.2) is 0 Å².